The van der Waals surface area contributed by atoms with Crippen molar-refractivity contribution in [3.63, 3.8) is 0 Å². The summed E-state index contributed by atoms with van der Waals surface area (Å²) in [5, 5.41) is 0. The fraction of sp³-hybridized carbons (Fsp3) is 1.00. The van der Waals surface area contributed by atoms with Crippen LogP contribution in [0, 0.1) is 5.92 Å². The Bertz CT molecular complexity index is 116. The van der Waals surface area contributed by atoms with Crippen LogP contribution in [0.4, 0.5) is 0 Å². The van der Waals surface area contributed by atoms with Crippen LogP contribution in [0.3, 0.4) is 0 Å². The normalized spacial score (nSPS) is 49.7. The zero-order chi connectivity index (χ0) is 6.32. The third-order valence-corrected chi connectivity index (χ3v) is 3.05. The van der Waals surface area contributed by atoms with E-state index in [0.29, 0.717) is 5.60 Å². The maximum atomic E-state index is 5.59. The monoisotopic (exact) mass is 126 g/mol. The molecule has 0 bridgehead atoms. The van der Waals surface area contributed by atoms with E-state index in [4.69, 9.17) is 4.74 Å². The average molecular weight is 126 g/mol. The minimum Gasteiger partial charge on any atom is -0.375 e. The smallest absolute Gasteiger partial charge is 0.0729 e. The van der Waals surface area contributed by atoms with Crippen LogP contribution < -0.4 is 0 Å². The quantitative estimate of drug-likeness (QED) is 0.482. The van der Waals surface area contributed by atoms with Crippen LogP contribution in [0.5, 0.6) is 0 Å². The van der Waals surface area contributed by atoms with Gasteiger partial charge >= 0.3 is 0 Å². The Morgan fingerprint density at radius 1 is 1.44 bits per heavy atom. The third-order valence-electron chi connectivity index (χ3n) is 3.05. The Morgan fingerprint density at radius 3 is 2.44 bits per heavy atom. The second kappa shape index (κ2) is 1.72. The first-order valence-electron chi connectivity index (χ1n) is 3.97. The largest absolute Gasteiger partial charge is 0.375 e. The lowest BCUT2D eigenvalue weighted by Crippen LogP contribution is -2.45. The van der Waals surface area contributed by atoms with E-state index in [1.54, 1.807) is 0 Å². The van der Waals surface area contributed by atoms with Gasteiger partial charge in [-0.25, -0.2) is 0 Å². The van der Waals surface area contributed by atoms with Gasteiger partial charge in [-0.05, 0) is 18.8 Å². The van der Waals surface area contributed by atoms with E-state index < -0.39 is 0 Å². The zero-order valence-electron chi connectivity index (χ0n) is 6.02. The van der Waals surface area contributed by atoms with Gasteiger partial charge in [-0.3, -0.25) is 0 Å². The van der Waals surface area contributed by atoms with Gasteiger partial charge < -0.3 is 4.74 Å². The fourth-order valence-corrected chi connectivity index (χ4v) is 2.17. The zero-order valence-corrected chi connectivity index (χ0v) is 6.02. The van der Waals surface area contributed by atoms with Gasteiger partial charge in [-0.15, -0.1) is 0 Å². The summed E-state index contributed by atoms with van der Waals surface area (Å²) in [5.74, 6) is 0.839. The van der Waals surface area contributed by atoms with E-state index in [2.05, 4.69) is 6.92 Å². The van der Waals surface area contributed by atoms with Crippen molar-refractivity contribution in [2.75, 3.05) is 6.61 Å². The lowest BCUT2D eigenvalue weighted by Gasteiger charge is -2.42. The fourth-order valence-electron chi connectivity index (χ4n) is 2.17. The van der Waals surface area contributed by atoms with Crippen molar-refractivity contribution in [1.29, 1.82) is 0 Å². The first-order valence-corrected chi connectivity index (χ1v) is 3.97. The van der Waals surface area contributed by atoms with E-state index in [1.807, 2.05) is 0 Å². The molecule has 2 atom stereocenters. The van der Waals surface area contributed by atoms with Crippen LogP contribution in [-0.4, -0.2) is 12.2 Å². The van der Waals surface area contributed by atoms with Crippen molar-refractivity contribution >= 4 is 0 Å². The maximum Gasteiger partial charge on any atom is 0.0729 e. The Balaban J connectivity index is 2.09. The molecule has 2 aliphatic rings. The molecule has 0 N–H and O–H groups in total. The summed E-state index contributed by atoms with van der Waals surface area (Å²) in [6, 6.07) is 0. The molecule has 0 radical (unpaired) electrons. The van der Waals surface area contributed by atoms with E-state index in [9.17, 15) is 0 Å². The highest BCUT2D eigenvalue weighted by molar-refractivity contribution is 4.96. The lowest BCUT2D eigenvalue weighted by atomic mass is 9.85. The third kappa shape index (κ3) is 0.644. The van der Waals surface area contributed by atoms with Crippen LogP contribution in [0.15, 0.2) is 0 Å². The van der Waals surface area contributed by atoms with Gasteiger partial charge in [0.15, 0.2) is 0 Å². The molecule has 1 heterocycles. The van der Waals surface area contributed by atoms with Crippen molar-refractivity contribution in [3.05, 3.63) is 0 Å². The average Bonchev–Trinajstić information content (AvgIpc) is 2.07. The number of rotatable bonds is 0. The number of hydrogen-bond acceptors (Lipinski definition) is 1. The van der Waals surface area contributed by atoms with E-state index in [1.165, 1.54) is 25.7 Å². The van der Waals surface area contributed by atoms with Gasteiger partial charge in [-0.1, -0.05) is 13.3 Å². The van der Waals surface area contributed by atoms with Crippen LogP contribution in [-0.2, 0) is 4.74 Å². The minimum absolute atomic E-state index is 0.375. The molecule has 0 aromatic heterocycles. The highest BCUT2D eigenvalue weighted by Gasteiger charge is 2.46. The van der Waals surface area contributed by atoms with Crippen molar-refractivity contribution < 1.29 is 4.74 Å². The van der Waals surface area contributed by atoms with Crippen LogP contribution in [0.1, 0.15) is 32.6 Å². The molecule has 1 aliphatic heterocycles. The maximum absolute atomic E-state index is 5.59. The highest BCUT2D eigenvalue weighted by atomic mass is 16.5. The van der Waals surface area contributed by atoms with Crippen molar-refractivity contribution in [3.8, 4) is 0 Å². The molecule has 52 valence electrons. The minimum atomic E-state index is 0.375. The van der Waals surface area contributed by atoms with Gasteiger partial charge in [0.25, 0.3) is 0 Å². The Hall–Kier alpha value is -0.0400. The van der Waals surface area contributed by atoms with Gasteiger partial charge in [-0.2, -0.15) is 0 Å². The predicted molar refractivity (Wildman–Crippen MR) is 36.3 cm³/mol. The van der Waals surface area contributed by atoms with Crippen LogP contribution >= 0.6 is 0 Å². The molecule has 1 heteroatoms. The summed E-state index contributed by atoms with van der Waals surface area (Å²) in [6.45, 7) is 3.34. The van der Waals surface area contributed by atoms with E-state index >= 15 is 0 Å². The molecule has 1 saturated carbocycles. The highest BCUT2D eigenvalue weighted by Crippen LogP contribution is 2.45. The Morgan fingerprint density at radius 2 is 2.22 bits per heavy atom. The molecule has 0 amide bonds. The van der Waals surface area contributed by atoms with Gasteiger partial charge in [0.1, 0.15) is 0 Å². The second-order valence-corrected chi connectivity index (χ2v) is 3.46. The van der Waals surface area contributed by atoms with E-state index in [0.717, 1.165) is 12.5 Å². The molecule has 2 rings (SSSR count). The molecule has 0 aromatic rings. The molecule has 1 aliphatic carbocycles. The van der Waals surface area contributed by atoms with Crippen molar-refractivity contribution in [2.45, 2.75) is 38.2 Å². The van der Waals surface area contributed by atoms with Gasteiger partial charge in [0.05, 0.1) is 12.2 Å². The molecule has 1 spiro atoms. The summed E-state index contributed by atoms with van der Waals surface area (Å²) >= 11 is 0. The Labute approximate surface area is 56.4 Å². The molecular formula is C8H14O. The van der Waals surface area contributed by atoms with Crippen molar-refractivity contribution in [1.82, 2.24) is 0 Å². The molecule has 1 nitrogen and oxygen atoms in total. The van der Waals surface area contributed by atoms with E-state index in [-0.39, 0.29) is 0 Å². The Kier molecular flexibility index (Phi) is 1.10. The summed E-state index contributed by atoms with van der Waals surface area (Å²) in [5.41, 5.74) is 0.375. The molecule has 0 aromatic carbocycles. The molecule has 2 fully saturated rings. The standard InChI is InChI=1S/C8H14O/c1-7-3-2-4-8(7)5-6-9-8/h7H,2-6H2,1H3. The van der Waals surface area contributed by atoms with Crippen LogP contribution in [0.25, 0.3) is 0 Å². The summed E-state index contributed by atoms with van der Waals surface area (Å²) in [4.78, 5) is 0. The predicted octanol–water partition coefficient (Wildman–Crippen LogP) is 1.97. The summed E-state index contributed by atoms with van der Waals surface area (Å²) < 4.78 is 5.59. The second-order valence-electron chi connectivity index (χ2n) is 3.46. The number of ether oxygens (including phenoxy) is 1. The van der Waals surface area contributed by atoms with Crippen molar-refractivity contribution in [2.24, 2.45) is 5.92 Å². The number of hydrogen-bond donors (Lipinski definition) is 0. The first-order chi connectivity index (χ1) is 4.33. The van der Waals surface area contributed by atoms with Gasteiger partial charge in [0.2, 0.25) is 0 Å². The lowest BCUT2D eigenvalue weighted by molar-refractivity contribution is -0.164. The molecular weight excluding hydrogens is 112 g/mol. The van der Waals surface area contributed by atoms with Crippen LogP contribution in [0.2, 0.25) is 0 Å². The first kappa shape index (κ1) is 5.72. The molecule has 2 unspecified atom stereocenters. The summed E-state index contributed by atoms with van der Waals surface area (Å²) in [6.07, 6.45) is 5.43. The summed E-state index contributed by atoms with van der Waals surface area (Å²) in [7, 11) is 0. The molecule has 9 heavy (non-hydrogen) atoms. The SMILES string of the molecule is CC1CCCC12CCO2. The topological polar surface area (TPSA) is 9.23 Å². The van der Waals surface area contributed by atoms with Gasteiger partial charge in [0, 0.05) is 6.42 Å². The molecule has 1 saturated heterocycles.